The Balaban J connectivity index is 1.57. The first-order chi connectivity index (χ1) is 12.2. The number of hydrogen-bond acceptors (Lipinski definition) is 3. The van der Waals surface area contributed by atoms with Crippen molar-refractivity contribution in [2.45, 2.75) is 6.61 Å². The van der Waals surface area contributed by atoms with Gasteiger partial charge in [-0.15, -0.1) is 0 Å². The van der Waals surface area contributed by atoms with Gasteiger partial charge in [-0.2, -0.15) is 0 Å². The van der Waals surface area contributed by atoms with Crippen LogP contribution in [0.4, 0.5) is 0 Å². The zero-order chi connectivity index (χ0) is 17.5. The van der Waals surface area contributed by atoms with E-state index in [1.165, 1.54) is 12.1 Å². The zero-order valence-corrected chi connectivity index (χ0v) is 13.5. The van der Waals surface area contributed by atoms with E-state index in [4.69, 9.17) is 9.84 Å². The lowest BCUT2D eigenvalue weighted by Crippen LogP contribution is -1.98. The molecule has 1 heterocycles. The number of pyridine rings is 1. The van der Waals surface area contributed by atoms with Crippen LogP contribution in [0, 0.1) is 0 Å². The molecule has 1 N–H and O–H groups in total. The Bertz CT molecular complexity index is 854. The van der Waals surface area contributed by atoms with Crippen LogP contribution in [0.5, 0.6) is 5.75 Å². The van der Waals surface area contributed by atoms with Gasteiger partial charge < -0.3 is 9.84 Å². The summed E-state index contributed by atoms with van der Waals surface area (Å²) in [5.74, 6) is -0.298. The second-order valence-corrected chi connectivity index (χ2v) is 5.47. The van der Waals surface area contributed by atoms with Gasteiger partial charge in [-0.25, -0.2) is 4.79 Å². The Labute approximate surface area is 146 Å². The lowest BCUT2D eigenvalue weighted by molar-refractivity contribution is 0.0697. The van der Waals surface area contributed by atoms with Gasteiger partial charge in [0.1, 0.15) is 12.4 Å². The summed E-state index contributed by atoms with van der Waals surface area (Å²) >= 11 is 0. The summed E-state index contributed by atoms with van der Waals surface area (Å²) < 4.78 is 5.68. The molecule has 0 aliphatic carbocycles. The second kappa shape index (κ2) is 7.93. The van der Waals surface area contributed by atoms with Crippen LogP contribution >= 0.6 is 0 Å². The molecule has 0 radical (unpaired) electrons. The van der Waals surface area contributed by atoms with Gasteiger partial charge in [-0.05, 0) is 53.1 Å². The van der Waals surface area contributed by atoms with E-state index in [0.29, 0.717) is 12.4 Å². The van der Waals surface area contributed by atoms with Crippen molar-refractivity contribution in [3.05, 3.63) is 95.3 Å². The Kier molecular flexibility index (Phi) is 5.22. The molecule has 0 atom stereocenters. The van der Waals surface area contributed by atoms with Crippen molar-refractivity contribution in [2.75, 3.05) is 0 Å². The number of hydrogen-bond donors (Lipinski definition) is 1. The SMILES string of the molecule is O=C(O)c1ccc(OCc2ccc(/C=C/c3ccncc3)cc2)cc1. The molecule has 3 rings (SSSR count). The fourth-order valence-electron chi connectivity index (χ4n) is 2.25. The lowest BCUT2D eigenvalue weighted by atomic mass is 10.1. The summed E-state index contributed by atoms with van der Waals surface area (Å²) in [7, 11) is 0. The lowest BCUT2D eigenvalue weighted by Gasteiger charge is -2.07. The minimum atomic E-state index is -0.943. The molecule has 124 valence electrons. The Morgan fingerprint density at radius 3 is 2.08 bits per heavy atom. The van der Waals surface area contributed by atoms with E-state index in [2.05, 4.69) is 4.98 Å². The summed E-state index contributed by atoms with van der Waals surface area (Å²) in [5, 5.41) is 8.88. The number of carbonyl (C=O) groups is 1. The highest BCUT2D eigenvalue weighted by Gasteiger charge is 2.02. The predicted octanol–water partition coefficient (Wildman–Crippen LogP) is 4.53. The van der Waals surface area contributed by atoms with Crippen LogP contribution in [0.15, 0.2) is 73.1 Å². The molecule has 0 spiro atoms. The third-order valence-corrected chi connectivity index (χ3v) is 3.66. The third-order valence-electron chi connectivity index (χ3n) is 3.66. The van der Waals surface area contributed by atoms with Gasteiger partial charge in [-0.1, -0.05) is 36.4 Å². The fraction of sp³-hybridized carbons (Fsp3) is 0.0476. The van der Waals surface area contributed by atoms with Crippen LogP contribution in [0.2, 0.25) is 0 Å². The van der Waals surface area contributed by atoms with Gasteiger partial charge in [0.25, 0.3) is 0 Å². The van der Waals surface area contributed by atoms with E-state index in [0.717, 1.165) is 16.7 Å². The Morgan fingerprint density at radius 2 is 1.48 bits per heavy atom. The highest BCUT2D eigenvalue weighted by atomic mass is 16.5. The van der Waals surface area contributed by atoms with Crippen LogP contribution in [-0.2, 0) is 6.61 Å². The molecule has 0 saturated heterocycles. The molecule has 0 amide bonds. The highest BCUT2D eigenvalue weighted by molar-refractivity contribution is 5.87. The normalized spacial score (nSPS) is 10.7. The predicted molar refractivity (Wildman–Crippen MR) is 97.3 cm³/mol. The molecule has 0 saturated carbocycles. The molecule has 0 aliphatic rings. The number of aromatic carboxylic acids is 1. The van der Waals surface area contributed by atoms with Crippen molar-refractivity contribution >= 4 is 18.1 Å². The van der Waals surface area contributed by atoms with Crippen molar-refractivity contribution < 1.29 is 14.6 Å². The molecule has 3 aromatic rings. The summed E-state index contributed by atoms with van der Waals surface area (Å²) in [5.41, 5.74) is 3.50. The Hall–Kier alpha value is -3.40. The molecule has 0 aliphatic heterocycles. The van der Waals surface area contributed by atoms with E-state index < -0.39 is 5.97 Å². The van der Waals surface area contributed by atoms with Crippen LogP contribution < -0.4 is 4.74 Å². The summed E-state index contributed by atoms with van der Waals surface area (Å²) in [6.07, 6.45) is 7.62. The van der Waals surface area contributed by atoms with Gasteiger partial charge in [0.15, 0.2) is 0 Å². The van der Waals surface area contributed by atoms with Gasteiger partial charge in [-0.3, -0.25) is 4.98 Å². The smallest absolute Gasteiger partial charge is 0.335 e. The Morgan fingerprint density at radius 1 is 0.880 bits per heavy atom. The second-order valence-electron chi connectivity index (χ2n) is 5.47. The molecule has 1 aromatic heterocycles. The van der Waals surface area contributed by atoms with E-state index >= 15 is 0 Å². The van der Waals surface area contributed by atoms with Gasteiger partial charge in [0.2, 0.25) is 0 Å². The standard InChI is InChI=1S/C21H17NO3/c23-21(24)19-7-9-20(10-8-19)25-15-18-5-3-16(4-6-18)1-2-17-11-13-22-14-12-17/h1-14H,15H2,(H,23,24)/b2-1+. The minimum absolute atomic E-state index is 0.248. The third kappa shape index (κ3) is 4.78. The van der Waals surface area contributed by atoms with Crippen molar-refractivity contribution in [2.24, 2.45) is 0 Å². The van der Waals surface area contributed by atoms with Crippen molar-refractivity contribution in [3.8, 4) is 5.75 Å². The first-order valence-electron chi connectivity index (χ1n) is 7.84. The van der Waals surface area contributed by atoms with Crippen LogP contribution in [0.3, 0.4) is 0 Å². The van der Waals surface area contributed by atoms with Crippen LogP contribution in [0.1, 0.15) is 27.0 Å². The first-order valence-corrected chi connectivity index (χ1v) is 7.84. The summed E-state index contributed by atoms with van der Waals surface area (Å²) in [4.78, 5) is 14.8. The average Bonchev–Trinajstić information content (AvgIpc) is 2.67. The number of rotatable bonds is 6. The molecule has 2 aromatic carbocycles. The van der Waals surface area contributed by atoms with E-state index in [1.807, 2.05) is 48.6 Å². The zero-order valence-electron chi connectivity index (χ0n) is 13.5. The van der Waals surface area contributed by atoms with Gasteiger partial charge >= 0.3 is 5.97 Å². The van der Waals surface area contributed by atoms with E-state index in [1.54, 1.807) is 24.5 Å². The van der Waals surface area contributed by atoms with E-state index in [9.17, 15) is 4.79 Å². The largest absolute Gasteiger partial charge is 0.489 e. The molecular weight excluding hydrogens is 314 g/mol. The molecule has 0 unspecified atom stereocenters. The minimum Gasteiger partial charge on any atom is -0.489 e. The molecule has 25 heavy (non-hydrogen) atoms. The van der Waals surface area contributed by atoms with Crippen molar-refractivity contribution in [1.82, 2.24) is 4.98 Å². The number of carboxylic acids is 1. The molecule has 0 fully saturated rings. The first kappa shape index (κ1) is 16.5. The maximum absolute atomic E-state index is 10.8. The number of carboxylic acid groups (broad SMARTS) is 1. The van der Waals surface area contributed by atoms with Crippen molar-refractivity contribution in [1.29, 1.82) is 0 Å². The van der Waals surface area contributed by atoms with Crippen LogP contribution in [0.25, 0.3) is 12.2 Å². The summed E-state index contributed by atoms with van der Waals surface area (Å²) in [6.45, 7) is 0.431. The number of ether oxygens (including phenoxy) is 1. The topological polar surface area (TPSA) is 59.4 Å². The average molecular weight is 331 g/mol. The molecule has 4 heteroatoms. The number of aromatic nitrogens is 1. The van der Waals surface area contributed by atoms with Crippen molar-refractivity contribution in [3.63, 3.8) is 0 Å². The fourth-order valence-corrected chi connectivity index (χ4v) is 2.25. The molecular formula is C21H17NO3. The van der Waals surface area contributed by atoms with E-state index in [-0.39, 0.29) is 5.56 Å². The monoisotopic (exact) mass is 331 g/mol. The van der Waals surface area contributed by atoms with Crippen LogP contribution in [-0.4, -0.2) is 16.1 Å². The maximum atomic E-state index is 10.8. The summed E-state index contributed by atoms with van der Waals surface area (Å²) in [6, 6.07) is 18.4. The quantitative estimate of drug-likeness (QED) is 0.721. The van der Waals surface area contributed by atoms with Gasteiger partial charge in [0, 0.05) is 12.4 Å². The molecule has 0 bridgehead atoms. The van der Waals surface area contributed by atoms with Gasteiger partial charge in [0.05, 0.1) is 5.56 Å². The molecule has 4 nitrogen and oxygen atoms in total. The maximum Gasteiger partial charge on any atom is 0.335 e. The number of benzene rings is 2. The highest BCUT2D eigenvalue weighted by Crippen LogP contribution is 2.15. The number of nitrogens with zero attached hydrogens (tertiary/aromatic N) is 1.